The van der Waals surface area contributed by atoms with Crippen molar-refractivity contribution >= 4 is 11.0 Å². The Morgan fingerprint density at radius 3 is 2.94 bits per heavy atom. The number of fused-ring (bicyclic) bond motifs is 1. The molecule has 0 aliphatic heterocycles. The Morgan fingerprint density at radius 2 is 2.12 bits per heavy atom. The number of nitrogens with one attached hydrogen (secondary N) is 2. The Hall–Kier alpha value is -1.46. The van der Waals surface area contributed by atoms with E-state index in [1.165, 1.54) is 5.56 Å². The van der Waals surface area contributed by atoms with Gasteiger partial charge in [0.1, 0.15) is 11.0 Å². The minimum Gasteiger partial charge on any atom is -0.311 e. The van der Waals surface area contributed by atoms with Gasteiger partial charge in [-0.3, -0.25) is 0 Å². The second kappa shape index (κ2) is 5.75. The molecule has 0 fully saturated rings. The number of hydrogen-bond donors (Lipinski definition) is 2. The lowest BCUT2D eigenvalue weighted by atomic mass is 10.2. The van der Waals surface area contributed by atoms with E-state index in [4.69, 9.17) is 0 Å². The van der Waals surface area contributed by atoms with Crippen LogP contribution in [0.2, 0.25) is 0 Å². The quantitative estimate of drug-likeness (QED) is 0.731. The fourth-order valence-corrected chi connectivity index (χ4v) is 1.66. The fourth-order valence-electron chi connectivity index (χ4n) is 1.66. The summed E-state index contributed by atoms with van der Waals surface area (Å²) in [4.78, 5) is 2.29. The molecule has 2 rings (SSSR count). The van der Waals surface area contributed by atoms with Crippen LogP contribution in [0, 0.1) is 0 Å². The van der Waals surface area contributed by atoms with Crippen molar-refractivity contribution in [2.75, 3.05) is 26.7 Å². The van der Waals surface area contributed by atoms with Crippen LogP contribution in [0.1, 0.15) is 12.5 Å². The molecule has 0 radical (unpaired) electrons. The third kappa shape index (κ3) is 3.25. The van der Waals surface area contributed by atoms with Crippen LogP contribution in [0.5, 0.6) is 0 Å². The van der Waals surface area contributed by atoms with Crippen molar-refractivity contribution in [2.45, 2.75) is 13.5 Å². The summed E-state index contributed by atoms with van der Waals surface area (Å²) < 4.78 is 0. The number of likely N-dealkylation sites (N-methyl/N-ethyl adjacent to an activating group) is 1. The highest BCUT2D eigenvalue weighted by Gasteiger charge is 2.00. The van der Waals surface area contributed by atoms with Crippen molar-refractivity contribution in [3.8, 4) is 0 Å². The van der Waals surface area contributed by atoms with Crippen LogP contribution < -0.4 is 5.32 Å². The molecule has 0 unspecified atom stereocenters. The molecule has 0 atom stereocenters. The second-order valence-electron chi connectivity index (χ2n) is 4.22. The van der Waals surface area contributed by atoms with Crippen LogP contribution in [-0.4, -0.2) is 47.0 Å². The van der Waals surface area contributed by atoms with Crippen LogP contribution >= 0.6 is 0 Å². The van der Waals surface area contributed by atoms with Crippen molar-refractivity contribution < 1.29 is 0 Å². The van der Waals surface area contributed by atoms with E-state index in [1.54, 1.807) is 0 Å². The maximum absolute atomic E-state index is 4.08. The van der Waals surface area contributed by atoms with E-state index in [2.05, 4.69) is 51.7 Å². The van der Waals surface area contributed by atoms with Crippen LogP contribution in [0.4, 0.5) is 0 Å². The van der Waals surface area contributed by atoms with E-state index in [-0.39, 0.29) is 0 Å². The molecular weight excluding hydrogens is 214 g/mol. The number of aromatic amines is 1. The van der Waals surface area contributed by atoms with Gasteiger partial charge in [0.15, 0.2) is 0 Å². The van der Waals surface area contributed by atoms with Gasteiger partial charge in [-0.15, -0.1) is 0 Å². The molecule has 5 heteroatoms. The third-order valence-corrected chi connectivity index (χ3v) is 2.92. The number of rotatable bonds is 6. The van der Waals surface area contributed by atoms with E-state index in [1.807, 2.05) is 6.07 Å². The smallest absolute Gasteiger partial charge is 0.113 e. The van der Waals surface area contributed by atoms with Crippen molar-refractivity contribution in [2.24, 2.45) is 0 Å². The van der Waals surface area contributed by atoms with Gasteiger partial charge in [-0.05, 0) is 31.3 Å². The average Bonchev–Trinajstić information content (AvgIpc) is 2.81. The summed E-state index contributed by atoms with van der Waals surface area (Å²) in [5.41, 5.74) is 3.08. The van der Waals surface area contributed by atoms with Gasteiger partial charge >= 0.3 is 0 Å². The lowest BCUT2D eigenvalue weighted by Gasteiger charge is -2.13. The highest BCUT2D eigenvalue weighted by atomic mass is 15.3. The summed E-state index contributed by atoms with van der Waals surface area (Å²) in [6.07, 6.45) is 0. The zero-order chi connectivity index (χ0) is 12.1. The minimum atomic E-state index is 0.875. The Balaban J connectivity index is 1.82. The van der Waals surface area contributed by atoms with Crippen LogP contribution in [0.25, 0.3) is 11.0 Å². The molecule has 0 bridgehead atoms. The molecule has 0 aliphatic carbocycles. The van der Waals surface area contributed by atoms with Gasteiger partial charge in [0, 0.05) is 19.6 Å². The lowest BCUT2D eigenvalue weighted by molar-refractivity contribution is 0.349. The summed E-state index contributed by atoms with van der Waals surface area (Å²) in [5, 5.41) is 14.2. The normalized spacial score (nSPS) is 11.5. The molecule has 17 heavy (non-hydrogen) atoms. The molecular formula is C12H19N5. The van der Waals surface area contributed by atoms with Gasteiger partial charge in [-0.1, -0.05) is 13.0 Å². The predicted octanol–water partition coefficient (Wildman–Crippen LogP) is 0.999. The van der Waals surface area contributed by atoms with Crippen LogP contribution in [0.3, 0.4) is 0 Å². The topological polar surface area (TPSA) is 56.8 Å². The van der Waals surface area contributed by atoms with E-state index in [0.717, 1.165) is 37.2 Å². The first-order valence-electron chi connectivity index (χ1n) is 5.98. The molecule has 1 aromatic heterocycles. The largest absolute Gasteiger partial charge is 0.311 e. The van der Waals surface area contributed by atoms with Gasteiger partial charge in [0.2, 0.25) is 0 Å². The maximum Gasteiger partial charge on any atom is 0.113 e. The maximum atomic E-state index is 4.08. The van der Waals surface area contributed by atoms with Gasteiger partial charge in [-0.25, -0.2) is 0 Å². The Labute approximate surface area is 101 Å². The van der Waals surface area contributed by atoms with E-state index in [9.17, 15) is 0 Å². The number of nitrogens with zero attached hydrogens (tertiary/aromatic N) is 3. The van der Waals surface area contributed by atoms with Crippen molar-refractivity contribution in [1.29, 1.82) is 0 Å². The highest BCUT2D eigenvalue weighted by molar-refractivity contribution is 5.74. The SMILES string of the molecule is CCN(C)CCNCc1ccc2n[nH]nc2c1. The summed E-state index contributed by atoms with van der Waals surface area (Å²) >= 11 is 0. The van der Waals surface area contributed by atoms with Crippen molar-refractivity contribution in [3.05, 3.63) is 23.8 Å². The minimum absolute atomic E-state index is 0.875. The number of hydrogen-bond acceptors (Lipinski definition) is 4. The number of benzene rings is 1. The molecule has 0 amide bonds. The fraction of sp³-hybridized carbons (Fsp3) is 0.500. The first kappa shape index (κ1) is 12.0. The third-order valence-electron chi connectivity index (χ3n) is 2.92. The lowest BCUT2D eigenvalue weighted by Crippen LogP contribution is -2.28. The van der Waals surface area contributed by atoms with Crippen LogP contribution in [0.15, 0.2) is 18.2 Å². The predicted molar refractivity (Wildman–Crippen MR) is 68.8 cm³/mol. The summed E-state index contributed by atoms with van der Waals surface area (Å²) in [5.74, 6) is 0. The molecule has 2 N–H and O–H groups in total. The van der Waals surface area contributed by atoms with E-state index < -0.39 is 0 Å². The molecule has 92 valence electrons. The first-order valence-corrected chi connectivity index (χ1v) is 5.98. The Kier molecular flexibility index (Phi) is 4.06. The molecule has 2 aromatic rings. The highest BCUT2D eigenvalue weighted by Crippen LogP contribution is 2.09. The molecule has 0 saturated heterocycles. The summed E-state index contributed by atoms with van der Waals surface area (Å²) in [7, 11) is 2.13. The van der Waals surface area contributed by atoms with Gasteiger partial charge in [0.05, 0.1) is 0 Å². The van der Waals surface area contributed by atoms with Crippen LogP contribution in [-0.2, 0) is 6.54 Å². The summed E-state index contributed by atoms with van der Waals surface area (Å²) in [6.45, 7) is 6.20. The van der Waals surface area contributed by atoms with Gasteiger partial charge in [-0.2, -0.15) is 15.4 Å². The molecule has 5 nitrogen and oxygen atoms in total. The Morgan fingerprint density at radius 1 is 1.29 bits per heavy atom. The summed E-state index contributed by atoms with van der Waals surface area (Å²) in [6, 6.07) is 6.14. The zero-order valence-corrected chi connectivity index (χ0v) is 10.4. The van der Waals surface area contributed by atoms with Crippen molar-refractivity contribution in [1.82, 2.24) is 25.6 Å². The Bertz CT molecular complexity index is 465. The molecule has 0 aliphatic rings. The van der Waals surface area contributed by atoms with E-state index >= 15 is 0 Å². The molecule has 0 saturated carbocycles. The molecule has 0 spiro atoms. The van der Waals surface area contributed by atoms with Crippen molar-refractivity contribution in [3.63, 3.8) is 0 Å². The molecule has 1 heterocycles. The zero-order valence-electron chi connectivity index (χ0n) is 10.4. The number of H-pyrrole nitrogens is 1. The van der Waals surface area contributed by atoms with E-state index in [0.29, 0.717) is 0 Å². The van der Waals surface area contributed by atoms with Gasteiger partial charge in [0.25, 0.3) is 0 Å². The first-order chi connectivity index (χ1) is 8.29. The van der Waals surface area contributed by atoms with Gasteiger partial charge < -0.3 is 10.2 Å². The second-order valence-corrected chi connectivity index (χ2v) is 4.22. The molecule has 1 aromatic carbocycles. The number of aromatic nitrogens is 3. The average molecular weight is 233 g/mol. The monoisotopic (exact) mass is 233 g/mol. The standard InChI is InChI=1S/C12H19N5/c1-3-17(2)7-6-13-9-10-4-5-11-12(8-10)15-16-14-11/h4-5,8,13H,3,6-7,9H2,1-2H3,(H,14,15,16).